The summed E-state index contributed by atoms with van der Waals surface area (Å²) in [7, 11) is 0. The van der Waals surface area contributed by atoms with Crippen LogP contribution < -0.4 is 5.32 Å². The Morgan fingerprint density at radius 2 is 2.26 bits per heavy atom. The van der Waals surface area contributed by atoms with Crippen LogP contribution in [0.15, 0.2) is 53.3 Å². The van der Waals surface area contributed by atoms with Crippen LogP contribution in [0.4, 0.5) is 0 Å². The Hall–Kier alpha value is -2.93. The number of aliphatic hydroxyl groups excluding tert-OH is 1. The summed E-state index contributed by atoms with van der Waals surface area (Å²) in [4.78, 5) is 12.1. The first kappa shape index (κ1) is 15.0. The Bertz CT molecular complexity index is 795. The van der Waals surface area contributed by atoms with Gasteiger partial charge in [-0.3, -0.25) is 4.79 Å². The number of benzene rings is 1. The number of aromatic nitrogens is 3. The predicted molar refractivity (Wildman–Crippen MR) is 82.1 cm³/mol. The third-order valence-corrected chi connectivity index (χ3v) is 3.32. The van der Waals surface area contributed by atoms with Crippen LogP contribution in [0, 0.1) is 6.92 Å². The minimum absolute atomic E-state index is 0.0314. The Labute approximate surface area is 132 Å². The molecule has 0 bridgehead atoms. The lowest BCUT2D eigenvalue weighted by molar-refractivity contribution is 0.0896. The Morgan fingerprint density at radius 1 is 1.39 bits per heavy atom. The number of amides is 1. The van der Waals surface area contributed by atoms with E-state index in [1.54, 1.807) is 18.3 Å². The van der Waals surface area contributed by atoms with Gasteiger partial charge in [-0.2, -0.15) is 0 Å². The van der Waals surface area contributed by atoms with Crippen LogP contribution in [0.5, 0.6) is 0 Å². The van der Waals surface area contributed by atoms with E-state index in [-0.39, 0.29) is 12.2 Å². The van der Waals surface area contributed by atoms with Crippen LogP contribution in [-0.2, 0) is 0 Å². The van der Waals surface area contributed by atoms with Gasteiger partial charge in [-0.1, -0.05) is 17.3 Å². The number of furan rings is 1. The number of hydrogen-bond donors (Lipinski definition) is 2. The molecular formula is C16H16N4O3. The molecular weight excluding hydrogens is 296 g/mol. The number of hydrogen-bond acceptors (Lipinski definition) is 5. The SMILES string of the molecule is Cc1cccc(-n2cc(C(=O)NCC(O)c3ccco3)nn2)c1. The molecule has 2 heterocycles. The topological polar surface area (TPSA) is 93.2 Å². The molecule has 0 aliphatic carbocycles. The molecule has 0 aliphatic rings. The van der Waals surface area contributed by atoms with E-state index < -0.39 is 12.0 Å². The van der Waals surface area contributed by atoms with E-state index in [9.17, 15) is 9.90 Å². The Balaban J connectivity index is 1.64. The molecule has 0 saturated carbocycles. The summed E-state index contributed by atoms with van der Waals surface area (Å²) in [5.41, 5.74) is 2.09. The van der Waals surface area contributed by atoms with Gasteiger partial charge in [0.25, 0.3) is 5.91 Å². The molecule has 2 N–H and O–H groups in total. The van der Waals surface area contributed by atoms with Crippen molar-refractivity contribution in [1.29, 1.82) is 0 Å². The van der Waals surface area contributed by atoms with Crippen molar-refractivity contribution in [3.8, 4) is 5.69 Å². The largest absolute Gasteiger partial charge is 0.467 e. The first-order chi connectivity index (χ1) is 11.1. The van der Waals surface area contributed by atoms with Gasteiger partial charge in [-0.25, -0.2) is 4.68 Å². The number of nitrogens with one attached hydrogen (secondary N) is 1. The van der Waals surface area contributed by atoms with Crippen molar-refractivity contribution in [2.45, 2.75) is 13.0 Å². The van der Waals surface area contributed by atoms with Gasteiger partial charge in [-0.05, 0) is 36.8 Å². The van der Waals surface area contributed by atoms with Crippen molar-refractivity contribution in [1.82, 2.24) is 20.3 Å². The number of nitrogens with zero attached hydrogens (tertiary/aromatic N) is 3. The van der Waals surface area contributed by atoms with Gasteiger partial charge in [0.1, 0.15) is 11.9 Å². The van der Waals surface area contributed by atoms with Crippen molar-refractivity contribution in [2.24, 2.45) is 0 Å². The molecule has 0 saturated heterocycles. The predicted octanol–water partition coefficient (Wildman–Crippen LogP) is 1.63. The smallest absolute Gasteiger partial charge is 0.273 e. The van der Waals surface area contributed by atoms with Gasteiger partial charge >= 0.3 is 0 Å². The van der Waals surface area contributed by atoms with Crippen LogP contribution in [0.3, 0.4) is 0 Å². The van der Waals surface area contributed by atoms with Gasteiger partial charge in [0.15, 0.2) is 5.69 Å². The van der Waals surface area contributed by atoms with Crippen molar-refractivity contribution < 1.29 is 14.3 Å². The second-order valence-electron chi connectivity index (χ2n) is 5.13. The second kappa shape index (κ2) is 6.45. The fourth-order valence-corrected chi connectivity index (χ4v) is 2.13. The quantitative estimate of drug-likeness (QED) is 0.747. The average Bonchev–Trinajstić information content (AvgIpc) is 3.23. The average molecular weight is 312 g/mol. The fraction of sp³-hybridized carbons (Fsp3) is 0.188. The van der Waals surface area contributed by atoms with Gasteiger partial charge in [0.2, 0.25) is 0 Å². The summed E-state index contributed by atoms with van der Waals surface area (Å²) in [6.45, 7) is 2.01. The lowest BCUT2D eigenvalue weighted by Crippen LogP contribution is -2.28. The highest BCUT2D eigenvalue weighted by Crippen LogP contribution is 2.12. The van der Waals surface area contributed by atoms with E-state index in [0.29, 0.717) is 5.76 Å². The lowest BCUT2D eigenvalue weighted by atomic mass is 10.2. The third-order valence-electron chi connectivity index (χ3n) is 3.32. The van der Waals surface area contributed by atoms with Crippen molar-refractivity contribution in [2.75, 3.05) is 6.54 Å². The first-order valence-electron chi connectivity index (χ1n) is 7.12. The molecule has 7 nitrogen and oxygen atoms in total. The van der Waals surface area contributed by atoms with Crippen LogP contribution >= 0.6 is 0 Å². The highest BCUT2D eigenvalue weighted by Gasteiger charge is 2.15. The van der Waals surface area contributed by atoms with E-state index in [1.807, 2.05) is 31.2 Å². The molecule has 2 aromatic heterocycles. The zero-order chi connectivity index (χ0) is 16.2. The van der Waals surface area contributed by atoms with Gasteiger partial charge < -0.3 is 14.8 Å². The summed E-state index contributed by atoms with van der Waals surface area (Å²) in [6.07, 6.45) is 2.11. The lowest BCUT2D eigenvalue weighted by Gasteiger charge is -2.08. The number of rotatable bonds is 5. The third kappa shape index (κ3) is 3.46. The van der Waals surface area contributed by atoms with E-state index in [1.165, 1.54) is 10.9 Å². The molecule has 1 aromatic carbocycles. The normalized spacial score (nSPS) is 12.1. The van der Waals surface area contributed by atoms with Crippen LogP contribution in [0.1, 0.15) is 27.9 Å². The fourth-order valence-electron chi connectivity index (χ4n) is 2.13. The highest BCUT2D eigenvalue weighted by molar-refractivity contribution is 5.91. The summed E-state index contributed by atoms with van der Waals surface area (Å²) >= 11 is 0. The van der Waals surface area contributed by atoms with E-state index >= 15 is 0 Å². The van der Waals surface area contributed by atoms with Crippen LogP contribution in [0.2, 0.25) is 0 Å². The molecule has 7 heteroatoms. The molecule has 1 amide bonds. The summed E-state index contributed by atoms with van der Waals surface area (Å²) in [5.74, 6) is -0.0109. The molecule has 3 rings (SSSR count). The van der Waals surface area contributed by atoms with E-state index in [2.05, 4.69) is 15.6 Å². The molecule has 0 radical (unpaired) electrons. The maximum Gasteiger partial charge on any atom is 0.273 e. The summed E-state index contributed by atoms with van der Waals surface area (Å²) in [5, 5.41) is 20.3. The van der Waals surface area contributed by atoms with Gasteiger partial charge in [-0.15, -0.1) is 5.10 Å². The van der Waals surface area contributed by atoms with Crippen molar-refractivity contribution >= 4 is 5.91 Å². The number of aliphatic hydroxyl groups is 1. The highest BCUT2D eigenvalue weighted by atomic mass is 16.4. The molecule has 0 fully saturated rings. The van der Waals surface area contributed by atoms with E-state index in [0.717, 1.165) is 11.3 Å². The zero-order valence-electron chi connectivity index (χ0n) is 12.5. The van der Waals surface area contributed by atoms with Gasteiger partial charge in [0, 0.05) is 0 Å². The Morgan fingerprint density at radius 3 is 3.00 bits per heavy atom. The first-order valence-corrected chi connectivity index (χ1v) is 7.12. The minimum atomic E-state index is -0.902. The maximum atomic E-state index is 12.1. The van der Waals surface area contributed by atoms with Crippen LogP contribution in [-0.4, -0.2) is 32.6 Å². The standard InChI is InChI=1S/C16H16N4O3/c1-11-4-2-5-12(8-11)20-10-13(18-19-20)16(22)17-9-14(21)15-6-3-7-23-15/h2-8,10,14,21H,9H2,1H3,(H,17,22). The molecule has 0 aliphatic heterocycles. The monoisotopic (exact) mass is 312 g/mol. The zero-order valence-corrected chi connectivity index (χ0v) is 12.5. The minimum Gasteiger partial charge on any atom is -0.467 e. The number of aryl methyl sites for hydroxylation is 1. The molecule has 1 atom stereocenters. The van der Waals surface area contributed by atoms with E-state index in [4.69, 9.17) is 4.42 Å². The van der Waals surface area contributed by atoms with Crippen LogP contribution in [0.25, 0.3) is 5.69 Å². The summed E-state index contributed by atoms with van der Waals surface area (Å²) < 4.78 is 6.61. The Kier molecular flexibility index (Phi) is 4.20. The molecule has 1 unspecified atom stereocenters. The maximum absolute atomic E-state index is 12.1. The van der Waals surface area contributed by atoms with Crippen molar-refractivity contribution in [3.05, 3.63) is 65.9 Å². The molecule has 118 valence electrons. The number of carbonyl (C=O) groups is 1. The molecule has 0 spiro atoms. The second-order valence-corrected chi connectivity index (χ2v) is 5.13. The molecule has 23 heavy (non-hydrogen) atoms. The van der Waals surface area contributed by atoms with Crippen molar-refractivity contribution in [3.63, 3.8) is 0 Å². The van der Waals surface area contributed by atoms with Gasteiger partial charge in [0.05, 0.1) is 24.7 Å². The number of carbonyl (C=O) groups excluding carboxylic acids is 1. The summed E-state index contributed by atoms with van der Waals surface area (Å²) in [6, 6.07) is 11.0. The molecule has 3 aromatic rings.